The van der Waals surface area contributed by atoms with Crippen LogP contribution in [0.2, 0.25) is 0 Å². The summed E-state index contributed by atoms with van der Waals surface area (Å²) in [7, 11) is 0. The number of morpholine rings is 1. The SMILES string of the molecule is O=C(COc1ccc(/C=N/Nc2ccc([N+](=O)[O-])cc2[N+](=O)[O-])cc1)N1CCOCC1. The largest absolute Gasteiger partial charge is 0.484 e. The summed E-state index contributed by atoms with van der Waals surface area (Å²) >= 11 is 0. The summed E-state index contributed by atoms with van der Waals surface area (Å²) in [5.41, 5.74) is 2.36. The highest BCUT2D eigenvalue weighted by molar-refractivity contribution is 5.81. The average Bonchev–Trinajstić information content (AvgIpc) is 2.78. The van der Waals surface area contributed by atoms with Crippen molar-refractivity contribution in [2.75, 3.05) is 38.3 Å². The Hall–Kier alpha value is -4.06. The van der Waals surface area contributed by atoms with Crippen molar-refractivity contribution in [2.45, 2.75) is 0 Å². The molecule has 1 aliphatic rings. The molecule has 12 nitrogen and oxygen atoms in total. The smallest absolute Gasteiger partial charge is 0.301 e. The van der Waals surface area contributed by atoms with E-state index in [4.69, 9.17) is 9.47 Å². The maximum atomic E-state index is 12.1. The van der Waals surface area contributed by atoms with Crippen molar-refractivity contribution in [3.05, 3.63) is 68.3 Å². The maximum absolute atomic E-state index is 12.1. The van der Waals surface area contributed by atoms with E-state index >= 15 is 0 Å². The molecule has 0 bridgehead atoms. The van der Waals surface area contributed by atoms with Gasteiger partial charge in [0, 0.05) is 19.2 Å². The van der Waals surface area contributed by atoms with Gasteiger partial charge in [0.2, 0.25) is 0 Å². The van der Waals surface area contributed by atoms with Gasteiger partial charge in [-0.2, -0.15) is 5.10 Å². The normalized spacial score (nSPS) is 13.7. The molecule has 1 heterocycles. The Morgan fingerprint density at radius 1 is 1.13 bits per heavy atom. The molecule has 1 amide bonds. The van der Waals surface area contributed by atoms with Crippen LogP contribution in [0.25, 0.3) is 0 Å². The molecule has 0 unspecified atom stereocenters. The number of nitrogens with one attached hydrogen (secondary N) is 1. The summed E-state index contributed by atoms with van der Waals surface area (Å²) in [5, 5.41) is 25.8. The molecule has 1 aliphatic heterocycles. The van der Waals surface area contributed by atoms with Crippen LogP contribution in [0.15, 0.2) is 47.6 Å². The molecule has 162 valence electrons. The highest BCUT2D eigenvalue weighted by Gasteiger charge is 2.19. The fourth-order valence-corrected chi connectivity index (χ4v) is 2.75. The Morgan fingerprint density at radius 2 is 1.84 bits per heavy atom. The number of nitrogens with zero attached hydrogens (tertiary/aromatic N) is 4. The van der Waals surface area contributed by atoms with Crippen LogP contribution in [0.1, 0.15) is 5.56 Å². The van der Waals surface area contributed by atoms with E-state index in [0.717, 1.165) is 12.1 Å². The third-order valence-corrected chi connectivity index (χ3v) is 4.39. The van der Waals surface area contributed by atoms with Crippen molar-refractivity contribution in [1.82, 2.24) is 4.90 Å². The van der Waals surface area contributed by atoms with Crippen LogP contribution in [-0.4, -0.2) is 59.8 Å². The summed E-state index contributed by atoms with van der Waals surface area (Å²) in [4.78, 5) is 34.2. The van der Waals surface area contributed by atoms with Crippen molar-refractivity contribution >= 4 is 29.2 Å². The van der Waals surface area contributed by atoms with Crippen LogP contribution in [0.4, 0.5) is 17.1 Å². The molecule has 0 radical (unpaired) electrons. The summed E-state index contributed by atoms with van der Waals surface area (Å²) in [6, 6.07) is 9.96. The second kappa shape index (κ2) is 10.1. The number of amides is 1. The van der Waals surface area contributed by atoms with Gasteiger partial charge in [0.25, 0.3) is 11.6 Å². The second-order valence-electron chi connectivity index (χ2n) is 6.44. The molecule has 0 aliphatic carbocycles. The minimum absolute atomic E-state index is 0.0217. The molecule has 0 saturated carbocycles. The third-order valence-electron chi connectivity index (χ3n) is 4.39. The number of hydrogen-bond donors (Lipinski definition) is 1. The molecule has 2 aromatic rings. The first-order valence-electron chi connectivity index (χ1n) is 9.24. The number of anilines is 1. The second-order valence-corrected chi connectivity index (χ2v) is 6.44. The Balaban J connectivity index is 1.55. The number of non-ortho nitro benzene ring substituents is 1. The predicted molar refractivity (Wildman–Crippen MR) is 110 cm³/mol. The molecule has 3 rings (SSSR count). The van der Waals surface area contributed by atoms with Crippen molar-refractivity contribution in [1.29, 1.82) is 0 Å². The van der Waals surface area contributed by atoms with Crippen LogP contribution < -0.4 is 10.2 Å². The quantitative estimate of drug-likeness (QED) is 0.381. The van der Waals surface area contributed by atoms with Crippen LogP contribution >= 0.6 is 0 Å². The van der Waals surface area contributed by atoms with Gasteiger partial charge in [-0.25, -0.2) is 0 Å². The minimum atomic E-state index is -0.727. The highest BCUT2D eigenvalue weighted by Crippen LogP contribution is 2.28. The van der Waals surface area contributed by atoms with Gasteiger partial charge in [-0.1, -0.05) is 0 Å². The Kier molecular flexibility index (Phi) is 7.06. The zero-order chi connectivity index (χ0) is 22.2. The number of ether oxygens (including phenoxy) is 2. The number of carbonyl (C=O) groups excluding carboxylic acids is 1. The van der Waals surface area contributed by atoms with Gasteiger partial charge in [-0.05, 0) is 35.9 Å². The van der Waals surface area contributed by atoms with Crippen molar-refractivity contribution in [2.24, 2.45) is 5.10 Å². The molecule has 1 N–H and O–H groups in total. The Bertz CT molecular complexity index is 988. The van der Waals surface area contributed by atoms with Crippen molar-refractivity contribution in [3.8, 4) is 5.75 Å². The molecule has 12 heteroatoms. The number of hydrazone groups is 1. The first-order valence-corrected chi connectivity index (χ1v) is 9.24. The van der Waals surface area contributed by atoms with Crippen molar-refractivity contribution in [3.63, 3.8) is 0 Å². The lowest BCUT2D eigenvalue weighted by atomic mass is 10.2. The summed E-state index contributed by atoms with van der Waals surface area (Å²) in [5.74, 6) is 0.403. The highest BCUT2D eigenvalue weighted by atomic mass is 16.6. The summed E-state index contributed by atoms with van der Waals surface area (Å²) < 4.78 is 10.7. The maximum Gasteiger partial charge on any atom is 0.301 e. The number of benzene rings is 2. The van der Waals surface area contributed by atoms with Crippen LogP contribution in [0.5, 0.6) is 5.75 Å². The van der Waals surface area contributed by atoms with Gasteiger partial charge in [-0.15, -0.1) is 0 Å². The average molecular weight is 429 g/mol. The van der Waals surface area contributed by atoms with Crippen LogP contribution in [0.3, 0.4) is 0 Å². The molecule has 0 aromatic heterocycles. The first-order chi connectivity index (χ1) is 14.9. The standard InChI is InChI=1S/C19H19N5O7/c25-19(22-7-9-30-10-8-22)13-31-16-4-1-14(2-5-16)12-20-21-17-6-3-15(23(26)27)11-18(17)24(28)29/h1-6,11-12,21H,7-10,13H2/b20-12+. The van der Waals surface area contributed by atoms with E-state index in [9.17, 15) is 25.0 Å². The molecule has 2 aromatic carbocycles. The first kappa shape index (κ1) is 21.6. The molecule has 1 saturated heterocycles. The summed E-state index contributed by atoms with van der Waals surface area (Å²) in [6.45, 7) is 2.08. The van der Waals surface area contributed by atoms with Gasteiger partial charge in [-0.3, -0.25) is 30.4 Å². The zero-order valence-corrected chi connectivity index (χ0v) is 16.3. The zero-order valence-electron chi connectivity index (χ0n) is 16.3. The fraction of sp³-hybridized carbons (Fsp3) is 0.263. The van der Waals surface area contributed by atoms with E-state index < -0.39 is 15.5 Å². The van der Waals surface area contributed by atoms with E-state index in [1.165, 1.54) is 12.3 Å². The third kappa shape index (κ3) is 5.96. The molecular weight excluding hydrogens is 410 g/mol. The topological polar surface area (TPSA) is 149 Å². The minimum Gasteiger partial charge on any atom is -0.484 e. The molecular formula is C19H19N5O7. The Labute approximate surface area is 176 Å². The lowest BCUT2D eigenvalue weighted by molar-refractivity contribution is -0.393. The fourth-order valence-electron chi connectivity index (χ4n) is 2.75. The van der Waals surface area contributed by atoms with E-state index in [1.807, 2.05) is 0 Å². The van der Waals surface area contributed by atoms with Crippen LogP contribution in [-0.2, 0) is 9.53 Å². The van der Waals surface area contributed by atoms with E-state index in [2.05, 4.69) is 10.5 Å². The van der Waals surface area contributed by atoms with Crippen molar-refractivity contribution < 1.29 is 24.1 Å². The van der Waals surface area contributed by atoms with Gasteiger partial charge in [0.1, 0.15) is 11.4 Å². The van der Waals surface area contributed by atoms with Gasteiger partial charge < -0.3 is 14.4 Å². The van der Waals surface area contributed by atoms with Gasteiger partial charge in [0.05, 0.1) is 35.3 Å². The van der Waals surface area contributed by atoms with Crippen LogP contribution in [0, 0.1) is 20.2 Å². The van der Waals surface area contributed by atoms with E-state index in [0.29, 0.717) is 37.6 Å². The van der Waals surface area contributed by atoms with Gasteiger partial charge in [0.15, 0.2) is 6.61 Å². The molecule has 0 spiro atoms. The molecule has 31 heavy (non-hydrogen) atoms. The number of rotatable bonds is 8. The van der Waals surface area contributed by atoms with Gasteiger partial charge >= 0.3 is 5.69 Å². The predicted octanol–water partition coefficient (Wildman–Crippen LogP) is 2.19. The molecule has 1 fully saturated rings. The van der Waals surface area contributed by atoms with E-state index in [-0.39, 0.29) is 23.9 Å². The lowest BCUT2D eigenvalue weighted by Crippen LogP contribution is -2.42. The number of nitro groups is 2. The number of carbonyl (C=O) groups is 1. The Morgan fingerprint density at radius 3 is 2.48 bits per heavy atom. The number of hydrogen-bond acceptors (Lipinski definition) is 9. The van der Waals surface area contributed by atoms with E-state index in [1.54, 1.807) is 29.2 Å². The summed E-state index contributed by atoms with van der Waals surface area (Å²) in [6.07, 6.45) is 1.42. The molecule has 0 atom stereocenters. The number of nitro benzene ring substituents is 2. The lowest BCUT2D eigenvalue weighted by Gasteiger charge is -2.26. The monoisotopic (exact) mass is 429 g/mol.